The second kappa shape index (κ2) is 12.2. The average molecular weight is 409 g/mol. The van der Waals surface area contributed by atoms with Crippen LogP contribution in [0.5, 0.6) is 0 Å². The summed E-state index contributed by atoms with van der Waals surface area (Å²) in [5.41, 5.74) is 4.64. The Morgan fingerprint density at radius 3 is 2.33 bits per heavy atom. The number of carbonyl (C=O) groups excluding carboxylic acids is 2. The van der Waals surface area contributed by atoms with E-state index in [1.54, 1.807) is 4.90 Å². The minimum absolute atomic E-state index is 0.00853. The molecule has 0 aliphatic rings. The van der Waals surface area contributed by atoms with Gasteiger partial charge in [-0.2, -0.15) is 0 Å². The van der Waals surface area contributed by atoms with Gasteiger partial charge in [0.2, 0.25) is 11.8 Å². The highest BCUT2D eigenvalue weighted by Crippen LogP contribution is 2.15. The number of rotatable bonds is 11. The third-order valence-electron chi connectivity index (χ3n) is 5.49. The lowest BCUT2D eigenvalue weighted by atomic mass is 10.0. The van der Waals surface area contributed by atoms with E-state index < -0.39 is 6.04 Å². The molecule has 0 aromatic heterocycles. The number of hydrogen-bond acceptors (Lipinski definition) is 2. The standard InChI is InChI=1S/C26H36N2O2/c1-5-7-17-27-26(30)21(4)28(19-24-10-8-9-20(3)18-24)25(29)16-15-23-13-11-22(6-2)12-14-23/h8-14,18,21H,5-7,15-17,19H2,1-4H3,(H,27,30)/t21-/m1/s1. The van der Waals surface area contributed by atoms with Crippen LogP contribution in [0, 0.1) is 6.92 Å². The van der Waals surface area contributed by atoms with Gasteiger partial charge in [0, 0.05) is 19.5 Å². The van der Waals surface area contributed by atoms with Gasteiger partial charge in [-0.25, -0.2) is 0 Å². The number of benzene rings is 2. The maximum absolute atomic E-state index is 13.2. The zero-order chi connectivity index (χ0) is 21.9. The predicted molar refractivity (Wildman–Crippen MR) is 123 cm³/mol. The maximum Gasteiger partial charge on any atom is 0.242 e. The SMILES string of the molecule is CCCCNC(=O)[C@@H](C)N(Cc1cccc(C)c1)C(=O)CCc1ccc(CC)cc1. The van der Waals surface area contributed by atoms with Crippen LogP contribution in [0.15, 0.2) is 48.5 Å². The second-order valence-corrected chi connectivity index (χ2v) is 8.00. The van der Waals surface area contributed by atoms with Crippen LogP contribution in [0.4, 0.5) is 0 Å². The molecule has 0 aliphatic carbocycles. The third-order valence-corrected chi connectivity index (χ3v) is 5.49. The lowest BCUT2D eigenvalue weighted by Crippen LogP contribution is -2.47. The summed E-state index contributed by atoms with van der Waals surface area (Å²) >= 11 is 0. The number of hydrogen-bond donors (Lipinski definition) is 1. The van der Waals surface area contributed by atoms with Gasteiger partial charge in [-0.3, -0.25) is 9.59 Å². The van der Waals surface area contributed by atoms with Crippen molar-refractivity contribution in [3.63, 3.8) is 0 Å². The number of nitrogens with zero attached hydrogens (tertiary/aromatic N) is 1. The van der Waals surface area contributed by atoms with Crippen molar-refractivity contribution in [2.75, 3.05) is 6.54 Å². The minimum atomic E-state index is -0.502. The first-order valence-electron chi connectivity index (χ1n) is 11.1. The molecule has 4 nitrogen and oxygen atoms in total. The van der Waals surface area contributed by atoms with Crippen LogP contribution in [0.25, 0.3) is 0 Å². The quantitative estimate of drug-likeness (QED) is 0.542. The maximum atomic E-state index is 13.2. The van der Waals surface area contributed by atoms with Crippen LogP contribution < -0.4 is 5.32 Å². The lowest BCUT2D eigenvalue weighted by Gasteiger charge is -2.29. The molecule has 0 radical (unpaired) electrons. The van der Waals surface area contributed by atoms with Crippen molar-refractivity contribution in [1.82, 2.24) is 10.2 Å². The van der Waals surface area contributed by atoms with Crippen molar-refractivity contribution in [2.45, 2.75) is 72.4 Å². The lowest BCUT2D eigenvalue weighted by molar-refractivity contribution is -0.140. The Morgan fingerprint density at radius 2 is 1.70 bits per heavy atom. The molecule has 2 amide bonds. The molecule has 0 spiro atoms. The van der Waals surface area contributed by atoms with E-state index in [-0.39, 0.29) is 11.8 Å². The highest BCUT2D eigenvalue weighted by molar-refractivity contribution is 5.87. The summed E-state index contributed by atoms with van der Waals surface area (Å²) in [6.07, 6.45) is 4.05. The number of aryl methyl sites for hydroxylation is 3. The molecule has 0 saturated heterocycles. The van der Waals surface area contributed by atoms with E-state index in [0.717, 1.165) is 36.0 Å². The molecule has 4 heteroatoms. The van der Waals surface area contributed by atoms with Crippen molar-refractivity contribution in [2.24, 2.45) is 0 Å². The van der Waals surface area contributed by atoms with Crippen LogP contribution in [-0.2, 0) is 29.0 Å². The number of nitrogens with one attached hydrogen (secondary N) is 1. The zero-order valence-electron chi connectivity index (χ0n) is 18.9. The molecule has 0 bridgehead atoms. The van der Waals surface area contributed by atoms with Crippen LogP contribution in [-0.4, -0.2) is 29.3 Å². The highest BCUT2D eigenvalue weighted by atomic mass is 16.2. The van der Waals surface area contributed by atoms with Gasteiger partial charge in [-0.1, -0.05) is 74.4 Å². The average Bonchev–Trinajstić information content (AvgIpc) is 2.75. The van der Waals surface area contributed by atoms with E-state index in [0.29, 0.717) is 25.9 Å². The van der Waals surface area contributed by atoms with Gasteiger partial charge in [0.15, 0.2) is 0 Å². The predicted octanol–water partition coefficient (Wildman–Crippen LogP) is 4.82. The topological polar surface area (TPSA) is 49.4 Å². The van der Waals surface area contributed by atoms with Gasteiger partial charge in [0.25, 0.3) is 0 Å². The fourth-order valence-corrected chi connectivity index (χ4v) is 3.46. The van der Waals surface area contributed by atoms with E-state index in [1.807, 2.05) is 32.0 Å². The van der Waals surface area contributed by atoms with Crippen LogP contribution in [0.1, 0.15) is 62.3 Å². The summed E-state index contributed by atoms with van der Waals surface area (Å²) in [5, 5.41) is 2.97. The molecule has 1 N–H and O–H groups in total. The Bertz CT molecular complexity index is 814. The molecule has 0 fully saturated rings. The van der Waals surface area contributed by atoms with Gasteiger partial charge >= 0.3 is 0 Å². The number of amides is 2. The summed E-state index contributed by atoms with van der Waals surface area (Å²) in [5.74, 6) is -0.0778. The Kier molecular flexibility index (Phi) is 9.59. The van der Waals surface area contributed by atoms with Gasteiger partial charge in [-0.15, -0.1) is 0 Å². The number of carbonyl (C=O) groups is 2. The normalized spacial score (nSPS) is 11.7. The van der Waals surface area contributed by atoms with Gasteiger partial charge in [0.1, 0.15) is 6.04 Å². The highest BCUT2D eigenvalue weighted by Gasteiger charge is 2.25. The molecular formula is C26H36N2O2. The number of unbranched alkanes of at least 4 members (excludes halogenated alkanes) is 1. The van der Waals surface area contributed by atoms with Gasteiger partial charge < -0.3 is 10.2 Å². The van der Waals surface area contributed by atoms with E-state index in [1.165, 1.54) is 5.56 Å². The summed E-state index contributed by atoms with van der Waals surface area (Å²) < 4.78 is 0. The summed E-state index contributed by atoms with van der Waals surface area (Å²) in [6, 6.07) is 16.0. The van der Waals surface area contributed by atoms with Crippen LogP contribution >= 0.6 is 0 Å². The largest absolute Gasteiger partial charge is 0.354 e. The van der Waals surface area contributed by atoms with Crippen LogP contribution in [0.2, 0.25) is 0 Å². The van der Waals surface area contributed by atoms with E-state index in [2.05, 4.69) is 49.5 Å². The first-order valence-corrected chi connectivity index (χ1v) is 11.1. The minimum Gasteiger partial charge on any atom is -0.354 e. The van der Waals surface area contributed by atoms with Crippen molar-refractivity contribution in [3.05, 3.63) is 70.8 Å². The zero-order valence-corrected chi connectivity index (χ0v) is 18.9. The Balaban J connectivity index is 2.09. The fourth-order valence-electron chi connectivity index (χ4n) is 3.46. The molecular weight excluding hydrogens is 372 g/mol. The van der Waals surface area contributed by atoms with Crippen molar-refractivity contribution >= 4 is 11.8 Å². The first-order chi connectivity index (χ1) is 14.4. The molecule has 30 heavy (non-hydrogen) atoms. The summed E-state index contributed by atoms with van der Waals surface area (Å²) in [6.45, 7) is 9.18. The second-order valence-electron chi connectivity index (χ2n) is 8.00. The molecule has 1 atom stereocenters. The Morgan fingerprint density at radius 1 is 1.00 bits per heavy atom. The summed E-state index contributed by atoms with van der Waals surface area (Å²) in [7, 11) is 0. The van der Waals surface area contributed by atoms with Gasteiger partial charge in [0.05, 0.1) is 0 Å². The first kappa shape index (κ1) is 23.7. The Labute approximate surface area is 181 Å². The van der Waals surface area contributed by atoms with Gasteiger partial charge in [-0.05, 0) is 49.8 Å². The monoisotopic (exact) mass is 408 g/mol. The Hall–Kier alpha value is -2.62. The van der Waals surface area contributed by atoms with Crippen molar-refractivity contribution in [1.29, 1.82) is 0 Å². The van der Waals surface area contributed by atoms with Crippen LogP contribution in [0.3, 0.4) is 0 Å². The van der Waals surface area contributed by atoms with E-state index in [9.17, 15) is 9.59 Å². The molecule has 0 unspecified atom stereocenters. The third kappa shape index (κ3) is 7.33. The molecule has 0 saturated carbocycles. The molecule has 2 aromatic rings. The summed E-state index contributed by atoms with van der Waals surface area (Å²) in [4.78, 5) is 27.5. The molecule has 2 aromatic carbocycles. The fraction of sp³-hybridized carbons (Fsp3) is 0.462. The molecule has 0 heterocycles. The van der Waals surface area contributed by atoms with Crippen molar-refractivity contribution < 1.29 is 9.59 Å². The van der Waals surface area contributed by atoms with Crippen molar-refractivity contribution in [3.8, 4) is 0 Å². The van der Waals surface area contributed by atoms with E-state index in [4.69, 9.17) is 0 Å². The molecule has 2 rings (SSSR count). The molecule has 162 valence electrons. The smallest absolute Gasteiger partial charge is 0.242 e. The van der Waals surface area contributed by atoms with E-state index >= 15 is 0 Å². The molecule has 0 aliphatic heterocycles.